The molecule has 4 rings (SSSR count). The minimum Gasteiger partial charge on any atom is -0.367 e. The predicted molar refractivity (Wildman–Crippen MR) is 105 cm³/mol. The largest absolute Gasteiger partial charge is 0.367 e. The first kappa shape index (κ1) is 18.1. The van der Waals surface area contributed by atoms with Crippen LogP contribution in [0.25, 0.3) is 10.2 Å². The minimum atomic E-state index is -0.257. The summed E-state index contributed by atoms with van der Waals surface area (Å²) in [5.41, 5.74) is 1.07. The van der Waals surface area contributed by atoms with Crippen LogP contribution in [-0.2, 0) is 6.54 Å². The predicted octanol–water partition coefficient (Wildman–Crippen LogP) is 4.43. The molecule has 1 aliphatic heterocycles. The minimum absolute atomic E-state index is 0.257. The van der Waals surface area contributed by atoms with Crippen molar-refractivity contribution < 1.29 is 4.39 Å². The van der Waals surface area contributed by atoms with Crippen LogP contribution in [0.1, 0.15) is 24.0 Å². The van der Waals surface area contributed by atoms with E-state index >= 15 is 0 Å². The van der Waals surface area contributed by atoms with Gasteiger partial charge in [-0.3, -0.25) is 4.90 Å². The summed E-state index contributed by atoms with van der Waals surface area (Å²) < 4.78 is 14.7. The molecule has 1 aromatic carbocycles. The SMILES string of the molecule is N#Cc1ccc(F)c(CN2CCC(Nc3ncnc4sc(Cl)cc34)CC2)c1. The molecule has 0 amide bonds. The van der Waals surface area contributed by atoms with Crippen LogP contribution in [0.2, 0.25) is 4.34 Å². The van der Waals surface area contributed by atoms with Crippen LogP contribution in [0.5, 0.6) is 0 Å². The van der Waals surface area contributed by atoms with E-state index in [1.54, 1.807) is 12.4 Å². The normalized spacial score (nSPS) is 15.7. The third-order valence-corrected chi connectivity index (χ3v) is 5.97. The molecule has 0 spiro atoms. The lowest BCUT2D eigenvalue weighted by atomic mass is 10.0. The van der Waals surface area contributed by atoms with Gasteiger partial charge >= 0.3 is 0 Å². The third-order valence-electron chi connectivity index (χ3n) is 4.80. The Morgan fingerprint density at radius 2 is 2.11 bits per heavy atom. The van der Waals surface area contributed by atoms with Crippen molar-refractivity contribution in [2.24, 2.45) is 0 Å². The molecule has 3 heterocycles. The van der Waals surface area contributed by atoms with Crippen molar-refractivity contribution in [2.75, 3.05) is 18.4 Å². The van der Waals surface area contributed by atoms with Gasteiger partial charge in [-0.2, -0.15) is 5.26 Å². The van der Waals surface area contributed by atoms with Crippen molar-refractivity contribution in [3.63, 3.8) is 0 Å². The van der Waals surface area contributed by atoms with Crippen molar-refractivity contribution in [1.82, 2.24) is 14.9 Å². The molecule has 0 saturated carbocycles. The van der Waals surface area contributed by atoms with Gasteiger partial charge in [0.25, 0.3) is 0 Å². The lowest BCUT2D eigenvalue weighted by molar-refractivity contribution is 0.209. The van der Waals surface area contributed by atoms with Crippen LogP contribution in [-0.4, -0.2) is 34.0 Å². The van der Waals surface area contributed by atoms with E-state index < -0.39 is 0 Å². The summed E-state index contributed by atoms with van der Waals surface area (Å²) in [5.74, 6) is 0.557. The lowest BCUT2D eigenvalue weighted by Gasteiger charge is -2.32. The van der Waals surface area contributed by atoms with Crippen molar-refractivity contribution in [1.29, 1.82) is 5.26 Å². The number of piperidine rings is 1. The number of thiophene rings is 1. The number of halogens is 2. The maximum atomic E-state index is 14.0. The fraction of sp³-hybridized carbons (Fsp3) is 0.316. The van der Waals surface area contributed by atoms with Gasteiger partial charge in [0.05, 0.1) is 21.4 Å². The summed E-state index contributed by atoms with van der Waals surface area (Å²) in [5, 5.41) is 13.5. The number of nitriles is 1. The second-order valence-corrected chi connectivity index (χ2v) is 8.27. The Balaban J connectivity index is 1.38. The average molecular weight is 402 g/mol. The average Bonchev–Trinajstić information content (AvgIpc) is 3.06. The zero-order valence-corrected chi connectivity index (χ0v) is 16.0. The highest BCUT2D eigenvalue weighted by molar-refractivity contribution is 7.22. The monoisotopic (exact) mass is 401 g/mol. The molecule has 138 valence electrons. The Kier molecular flexibility index (Phi) is 5.21. The molecule has 8 heteroatoms. The highest BCUT2D eigenvalue weighted by atomic mass is 35.5. The Morgan fingerprint density at radius 3 is 2.89 bits per heavy atom. The van der Waals surface area contributed by atoms with Crippen molar-refractivity contribution in [3.05, 3.63) is 51.9 Å². The molecule has 0 bridgehead atoms. The number of rotatable bonds is 4. The quantitative estimate of drug-likeness (QED) is 0.700. The summed E-state index contributed by atoms with van der Waals surface area (Å²) in [6.07, 6.45) is 3.42. The number of likely N-dealkylation sites (tertiary alicyclic amines) is 1. The van der Waals surface area contributed by atoms with E-state index in [0.717, 1.165) is 42.0 Å². The summed E-state index contributed by atoms with van der Waals surface area (Å²) in [6.45, 7) is 2.23. The number of aromatic nitrogens is 2. The van der Waals surface area contributed by atoms with Crippen LogP contribution in [0, 0.1) is 17.1 Å². The van der Waals surface area contributed by atoms with E-state index in [1.165, 1.54) is 23.5 Å². The van der Waals surface area contributed by atoms with Gasteiger partial charge < -0.3 is 5.32 Å². The highest BCUT2D eigenvalue weighted by Gasteiger charge is 2.21. The first-order valence-corrected chi connectivity index (χ1v) is 9.89. The van der Waals surface area contributed by atoms with E-state index in [4.69, 9.17) is 16.9 Å². The van der Waals surface area contributed by atoms with Gasteiger partial charge in [0.1, 0.15) is 22.8 Å². The third kappa shape index (κ3) is 4.03. The Hall–Kier alpha value is -2.27. The number of benzene rings is 1. The molecule has 0 unspecified atom stereocenters. The molecule has 1 fully saturated rings. The second kappa shape index (κ2) is 7.77. The van der Waals surface area contributed by atoms with E-state index in [0.29, 0.717) is 28.0 Å². The van der Waals surface area contributed by atoms with Gasteiger partial charge in [0, 0.05) is 31.2 Å². The summed E-state index contributed by atoms with van der Waals surface area (Å²) in [6, 6.07) is 8.77. The molecule has 0 aliphatic carbocycles. The lowest BCUT2D eigenvalue weighted by Crippen LogP contribution is -2.39. The highest BCUT2D eigenvalue weighted by Crippen LogP contribution is 2.32. The molecule has 0 radical (unpaired) electrons. The second-order valence-electron chi connectivity index (χ2n) is 6.60. The number of nitrogens with one attached hydrogen (secondary N) is 1. The maximum absolute atomic E-state index is 14.0. The fourth-order valence-electron chi connectivity index (χ4n) is 3.38. The number of hydrogen-bond acceptors (Lipinski definition) is 6. The molecule has 0 atom stereocenters. The van der Waals surface area contributed by atoms with Gasteiger partial charge in [-0.05, 0) is 37.1 Å². The first-order valence-electron chi connectivity index (χ1n) is 8.70. The van der Waals surface area contributed by atoms with Crippen LogP contribution in [0.3, 0.4) is 0 Å². The maximum Gasteiger partial charge on any atom is 0.138 e. The smallest absolute Gasteiger partial charge is 0.138 e. The molecular weight excluding hydrogens is 385 g/mol. The molecule has 1 saturated heterocycles. The molecule has 1 N–H and O–H groups in total. The number of hydrogen-bond donors (Lipinski definition) is 1. The van der Waals surface area contributed by atoms with Gasteiger partial charge in [-0.25, -0.2) is 14.4 Å². The molecule has 1 aliphatic rings. The zero-order valence-electron chi connectivity index (χ0n) is 14.5. The Morgan fingerprint density at radius 1 is 1.30 bits per heavy atom. The topological polar surface area (TPSA) is 64.8 Å². The number of anilines is 1. The van der Waals surface area contributed by atoms with Gasteiger partial charge in [0.15, 0.2) is 0 Å². The first-order chi connectivity index (χ1) is 13.1. The van der Waals surface area contributed by atoms with E-state index in [2.05, 4.69) is 26.3 Å². The molecule has 3 aromatic rings. The van der Waals surface area contributed by atoms with E-state index in [-0.39, 0.29) is 5.82 Å². The van der Waals surface area contributed by atoms with Crippen LogP contribution in [0.15, 0.2) is 30.6 Å². The number of nitrogens with zero attached hydrogens (tertiary/aromatic N) is 4. The summed E-state index contributed by atoms with van der Waals surface area (Å²) in [7, 11) is 0. The van der Waals surface area contributed by atoms with Gasteiger partial charge in [-0.15, -0.1) is 11.3 Å². The number of fused-ring (bicyclic) bond motifs is 1. The van der Waals surface area contributed by atoms with Crippen molar-refractivity contribution >= 4 is 39.0 Å². The molecule has 2 aromatic heterocycles. The Bertz CT molecular complexity index is 1010. The summed E-state index contributed by atoms with van der Waals surface area (Å²) >= 11 is 7.54. The fourth-order valence-corrected chi connectivity index (χ4v) is 4.43. The van der Waals surface area contributed by atoms with Crippen LogP contribution in [0.4, 0.5) is 10.2 Å². The molecule has 5 nitrogen and oxygen atoms in total. The standard InChI is InChI=1S/C19H17ClFN5S/c20-17-8-15-18(23-11-24-19(15)27-17)25-14-3-5-26(6-4-14)10-13-7-12(9-22)1-2-16(13)21/h1-2,7-8,11,14H,3-6,10H2,(H,23,24,25). The van der Waals surface area contributed by atoms with Crippen LogP contribution < -0.4 is 5.32 Å². The van der Waals surface area contributed by atoms with Crippen molar-refractivity contribution in [2.45, 2.75) is 25.4 Å². The van der Waals surface area contributed by atoms with Gasteiger partial charge in [0.2, 0.25) is 0 Å². The van der Waals surface area contributed by atoms with Crippen LogP contribution >= 0.6 is 22.9 Å². The van der Waals surface area contributed by atoms with E-state index in [9.17, 15) is 4.39 Å². The molecular formula is C19H17ClFN5S. The van der Waals surface area contributed by atoms with Crippen molar-refractivity contribution in [3.8, 4) is 6.07 Å². The summed E-state index contributed by atoms with van der Waals surface area (Å²) in [4.78, 5) is 11.7. The Labute approximate surface area is 165 Å². The zero-order chi connectivity index (χ0) is 18.8. The van der Waals surface area contributed by atoms with E-state index in [1.807, 2.05) is 6.07 Å². The molecule has 27 heavy (non-hydrogen) atoms. The van der Waals surface area contributed by atoms with Gasteiger partial charge in [-0.1, -0.05) is 11.6 Å².